The first kappa shape index (κ1) is 23.2. The van der Waals surface area contributed by atoms with Crippen LogP contribution in [0.25, 0.3) is 22.2 Å². The van der Waals surface area contributed by atoms with Gasteiger partial charge in [-0.2, -0.15) is 0 Å². The minimum absolute atomic E-state index is 0.226. The number of pyridine rings is 2. The highest BCUT2D eigenvalue weighted by Crippen LogP contribution is 2.33. The highest BCUT2D eigenvalue weighted by atomic mass is 35.5. The van der Waals surface area contributed by atoms with Crippen LogP contribution in [-0.2, 0) is 11.8 Å². The van der Waals surface area contributed by atoms with Crippen molar-refractivity contribution in [1.82, 2.24) is 19.5 Å². The van der Waals surface area contributed by atoms with Gasteiger partial charge in [0.15, 0.2) is 0 Å². The molecule has 0 unspecified atom stereocenters. The molecule has 35 heavy (non-hydrogen) atoms. The molecule has 0 amide bonds. The third-order valence-corrected chi connectivity index (χ3v) is 6.42. The molecule has 8 nitrogen and oxygen atoms in total. The Balaban J connectivity index is 1.64. The smallest absolute Gasteiger partial charge is 0.261 e. The molecule has 0 bridgehead atoms. The first-order chi connectivity index (χ1) is 16.9. The molecule has 5 rings (SSSR count). The van der Waals surface area contributed by atoms with Gasteiger partial charge in [-0.05, 0) is 42.8 Å². The Morgan fingerprint density at radius 3 is 2.80 bits per heavy atom. The largest absolute Gasteiger partial charge is 0.481 e. The second kappa shape index (κ2) is 9.24. The van der Waals surface area contributed by atoms with Crippen molar-refractivity contribution in [2.24, 2.45) is 7.05 Å². The number of hydrogen-bond acceptors (Lipinski definition) is 7. The summed E-state index contributed by atoms with van der Waals surface area (Å²) in [6.07, 6.45) is 1.41. The van der Waals surface area contributed by atoms with Gasteiger partial charge >= 0.3 is 0 Å². The van der Waals surface area contributed by atoms with Gasteiger partial charge in [0.1, 0.15) is 34.8 Å². The molecule has 10 heteroatoms. The first-order valence-electron chi connectivity index (χ1n) is 11.1. The molecule has 1 fully saturated rings. The van der Waals surface area contributed by atoms with E-state index in [0.717, 1.165) is 5.56 Å². The molecule has 0 aliphatic carbocycles. The first-order valence-corrected chi connectivity index (χ1v) is 11.4. The monoisotopic (exact) mass is 495 g/mol. The van der Waals surface area contributed by atoms with Crippen LogP contribution in [0.4, 0.5) is 10.2 Å². The van der Waals surface area contributed by atoms with E-state index in [1.807, 2.05) is 17.0 Å². The Bertz CT molecular complexity index is 1490. The summed E-state index contributed by atoms with van der Waals surface area (Å²) in [5.74, 6) is 1.01. The molecular weight excluding hydrogens is 473 g/mol. The van der Waals surface area contributed by atoms with Crippen molar-refractivity contribution in [1.29, 1.82) is 0 Å². The minimum Gasteiger partial charge on any atom is -0.481 e. The number of aromatic nitrogens is 4. The van der Waals surface area contributed by atoms with Crippen molar-refractivity contribution in [2.45, 2.75) is 13.0 Å². The van der Waals surface area contributed by atoms with Gasteiger partial charge in [0.25, 0.3) is 5.56 Å². The van der Waals surface area contributed by atoms with E-state index in [4.69, 9.17) is 26.1 Å². The van der Waals surface area contributed by atoms with Crippen LogP contribution < -0.4 is 15.2 Å². The third kappa shape index (κ3) is 4.33. The zero-order chi connectivity index (χ0) is 24.7. The quantitative estimate of drug-likeness (QED) is 0.422. The van der Waals surface area contributed by atoms with Gasteiger partial charge in [0, 0.05) is 43.0 Å². The van der Waals surface area contributed by atoms with Crippen LogP contribution in [0.1, 0.15) is 17.5 Å². The van der Waals surface area contributed by atoms with Crippen molar-refractivity contribution >= 4 is 28.3 Å². The van der Waals surface area contributed by atoms with Crippen molar-refractivity contribution in [3.63, 3.8) is 0 Å². The lowest BCUT2D eigenvalue weighted by molar-refractivity contribution is 0.0393. The molecule has 3 aromatic heterocycles. The summed E-state index contributed by atoms with van der Waals surface area (Å²) in [6, 6.07) is 9.81. The topological polar surface area (TPSA) is 82.4 Å². The van der Waals surface area contributed by atoms with Crippen molar-refractivity contribution in [3.8, 4) is 17.1 Å². The fourth-order valence-corrected chi connectivity index (χ4v) is 4.35. The van der Waals surface area contributed by atoms with E-state index >= 15 is 0 Å². The Hall–Kier alpha value is -3.56. The maximum Gasteiger partial charge on any atom is 0.261 e. The van der Waals surface area contributed by atoms with Crippen molar-refractivity contribution in [2.75, 3.05) is 31.7 Å². The molecule has 180 valence electrons. The van der Waals surface area contributed by atoms with Crippen molar-refractivity contribution < 1.29 is 13.9 Å². The number of aryl methyl sites for hydroxylation is 1. The van der Waals surface area contributed by atoms with E-state index in [0.29, 0.717) is 53.8 Å². The number of rotatable bonds is 4. The summed E-state index contributed by atoms with van der Waals surface area (Å²) < 4.78 is 27.7. The molecule has 0 N–H and O–H groups in total. The van der Waals surface area contributed by atoms with Gasteiger partial charge in [-0.15, -0.1) is 0 Å². The van der Waals surface area contributed by atoms with E-state index in [2.05, 4.69) is 9.97 Å². The standard InChI is InChI=1S/C25H23ClFN5O3/c1-14-29-24-18(25(33)31(14)2)12-21(30-23(24)17-5-4-16(26)11-19(17)27)32-8-9-35-20(13-32)15-6-7-28-22(10-15)34-3/h4-7,10-12,20H,8-9,13H2,1-3H3/t20-/m1/s1. The van der Waals surface area contributed by atoms with E-state index in [9.17, 15) is 9.18 Å². The van der Waals surface area contributed by atoms with Gasteiger partial charge in [0.05, 0.1) is 19.1 Å². The van der Waals surface area contributed by atoms with Gasteiger partial charge in [-0.1, -0.05) is 11.6 Å². The number of halogens is 2. The predicted molar refractivity (Wildman–Crippen MR) is 132 cm³/mol. The summed E-state index contributed by atoms with van der Waals surface area (Å²) in [6.45, 7) is 3.21. The Morgan fingerprint density at radius 1 is 1.20 bits per heavy atom. The highest BCUT2D eigenvalue weighted by Gasteiger charge is 2.26. The molecule has 1 atom stereocenters. The number of methoxy groups -OCH3 is 1. The number of fused-ring (bicyclic) bond motifs is 1. The number of hydrogen-bond donors (Lipinski definition) is 0. The maximum atomic E-state index is 15.0. The molecule has 0 spiro atoms. The maximum absolute atomic E-state index is 15.0. The zero-order valence-corrected chi connectivity index (χ0v) is 20.2. The molecular formula is C25H23ClFN5O3. The SMILES string of the molecule is COc1cc([C@H]2CN(c3cc4c(=O)n(C)c(C)nc4c(-c4ccc(Cl)cc4F)n3)CCO2)ccn1. The molecule has 1 aliphatic heterocycles. The van der Waals surface area contributed by atoms with E-state index in [1.165, 1.54) is 10.6 Å². The molecule has 1 aromatic carbocycles. The lowest BCUT2D eigenvalue weighted by atomic mass is 10.1. The summed E-state index contributed by atoms with van der Waals surface area (Å²) in [5.41, 5.74) is 1.56. The van der Waals surface area contributed by atoms with E-state index in [-0.39, 0.29) is 22.2 Å². The molecule has 0 saturated carbocycles. The van der Waals surface area contributed by atoms with E-state index < -0.39 is 5.82 Å². The normalized spacial score (nSPS) is 16.0. The van der Waals surface area contributed by atoms with Crippen LogP contribution in [0, 0.1) is 12.7 Å². The van der Waals surface area contributed by atoms with Crippen LogP contribution in [0.5, 0.6) is 5.88 Å². The summed E-state index contributed by atoms with van der Waals surface area (Å²) in [7, 11) is 3.22. The Labute approximate surface area is 205 Å². The second-order valence-corrected chi connectivity index (χ2v) is 8.75. The van der Waals surface area contributed by atoms with Gasteiger partial charge in [0.2, 0.25) is 5.88 Å². The average molecular weight is 496 g/mol. The fourth-order valence-electron chi connectivity index (χ4n) is 4.19. The number of ether oxygens (including phenoxy) is 2. The fraction of sp³-hybridized carbons (Fsp3) is 0.280. The van der Waals surface area contributed by atoms with Gasteiger partial charge < -0.3 is 14.4 Å². The summed E-state index contributed by atoms with van der Waals surface area (Å²) in [5, 5.41) is 0.636. The number of nitrogens with zero attached hydrogens (tertiary/aromatic N) is 5. The predicted octanol–water partition coefficient (Wildman–Crippen LogP) is 4.08. The van der Waals surface area contributed by atoms with Crippen LogP contribution in [0.15, 0.2) is 47.4 Å². The number of morpholine rings is 1. The lowest BCUT2D eigenvalue weighted by Crippen LogP contribution is -2.39. The van der Waals surface area contributed by atoms with Crippen LogP contribution in [-0.4, -0.2) is 46.3 Å². The van der Waals surface area contributed by atoms with Crippen LogP contribution in [0.3, 0.4) is 0 Å². The molecule has 4 aromatic rings. The summed E-state index contributed by atoms with van der Waals surface area (Å²) >= 11 is 5.98. The second-order valence-electron chi connectivity index (χ2n) is 8.31. The molecule has 0 radical (unpaired) electrons. The lowest BCUT2D eigenvalue weighted by Gasteiger charge is -2.34. The van der Waals surface area contributed by atoms with Crippen LogP contribution >= 0.6 is 11.6 Å². The highest BCUT2D eigenvalue weighted by molar-refractivity contribution is 6.30. The zero-order valence-electron chi connectivity index (χ0n) is 19.5. The molecule has 4 heterocycles. The van der Waals surface area contributed by atoms with Gasteiger partial charge in [-0.25, -0.2) is 19.3 Å². The minimum atomic E-state index is -0.535. The van der Waals surface area contributed by atoms with E-state index in [1.54, 1.807) is 45.5 Å². The Kier molecular flexibility index (Phi) is 6.12. The molecule has 1 aliphatic rings. The third-order valence-electron chi connectivity index (χ3n) is 6.19. The van der Waals surface area contributed by atoms with Crippen LogP contribution in [0.2, 0.25) is 5.02 Å². The average Bonchev–Trinajstić information content (AvgIpc) is 2.87. The summed E-state index contributed by atoms with van der Waals surface area (Å²) in [4.78, 5) is 28.7. The van der Waals surface area contributed by atoms with Crippen molar-refractivity contribution in [3.05, 3.63) is 75.2 Å². The number of anilines is 1. The van der Waals surface area contributed by atoms with Gasteiger partial charge in [-0.3, -0.25) is 9.36 Å². The molecule has 1 saturated heterocycles. The Morgan fingerprint density at radius 2 is 2.03 bits per heavy atom. The number of benzene rings is 1.